The largest absolute Gasteiger partial charge is 2.00 e. The monoisotopic (exact) mass is 734 g/mol. The van der Waals surface area contributed by atoms with Gasteiger partial charge < -0.3 is 24.8 Å². The Morgan fingerprint density at radius 3 is 0.959 bits per heavy atom. The first kappa shape index (κ1) is 39.9. The predicted molar refractivity (Wildman–Crippen MR) is 195 cm³/mol. The fourth-order valence-corrected chi connectivity index (χ4v) is 9.30. The van der Waals surface area contributed by atoms with Gasteiger partial charge in [0, 0.05) is 0 Å². The second-order valence-corrected chi connectivity index (χ2v) is 14.9. The maximum atomic E-state index is 5.30. The third-order valence-corrected chi connectivity index (χ3v) is 11.8. The van der Waals surface area contributed by atoms with Gasteiger partial charge in [-0.15, -0.1) is 0 Å². The second-order valence-electron chi connectivity index (χ2n) is 14.9. The molecule has 7 rings (SSSR count). The molecule has 0 saturated heterocycles. The molecular formula is C43H55Cl2N3V. The van der Waals surface area contributed by atoms with Crippen LogP contribution >= 0.6 is 0 Å². The SMILES string of the molecule is C(=Nc1c(C2CCCCC2)cccc1C1CCCCC1)c1cccc(C=Nc2c(C3CCCCC3)cccc2C2CCCCC2)n1.[Cl-].[Cl-].[V+2]. The zero-order valence-corrected chi connectivity index (χ0v) is 32.3. The number of aromatic nitrogens is 1. The zero-order chi connectivity index (χ0) is 31.0. The quantitative estimate of drug-likeness (QED) is 0.235. The van der Waals surface area contributed by atoms with E-state index in [0.29, 0.717) is 23.7 Å². The van der Waals surface area contributed by atoms with E-state index in [1.165, 1.54) is 162 Å². The maximum Gasteiger partial charge on any atom is 2.00 e. The maximum absolute atomic E-state index is 5.30. The molecule has 49 heavy (non-hydrogen) atoms. The van der Waals surface area contributed by atoms with Crippen LogP contribution < -0.4 is 24.8 Å². The van der Waals surface area contributed by atoms with E-state index in [-0.39, 0.29) is 43.4 Å². The Kier molecular flexibility index (Phi) is 16.4. The molecule has 3 nitrogen and oxygen atoms in total. The van der Waals surface area contributed by atoms with Crippen LogP contribution in [0.1, 0.15) is 186 Å². The number of aliphatic imine (C=N–C) groups is 2. The summed E-state index contributed by atoms with van der Waals surface area (Å²) in [5.74, 6) is 2.55. The second kappa shape index (κ2) is 20.2. The summed E-state index contributed by atoms with van der Waals surface area (Å²) in [7, 11) is 0. The first-order chi connectivity index (χ1) is 22.8. The topological polar surface area (TPSA) is 37.6 Å². The van der Waals surface area contributed by atoms with Crippen molar-refractivity contribution in [1.82, 2.24) is 4.98 Å². The summed E-state index contributed by atoms with van der Waals surface area (Å²) in [6.07, 6.45) is 30.7. The molecule has 261 valence electrons. The van der Waals surface area contributed by atoms with Crippen molar-refractivity contribution < 1.29 is 43.4 Å². The minimum Gasteiger partial charge on any atom is -1.00 e. The van der Waals surface area contributed by atoms with E-state index < -0.39 is 0 Å². The Balaban J connectivity index is 0.00000180. The van der Waals surface area contributed by atoms with Crippen molar-refractivity contribution in [2.24, 2.45) is 9.98 Å². The van der Waals surface area contributed by atoms with E-state index in [0.717, 1.165) is 11.4 Å². The molecule has 0 unspecified atom stereocenters. The summed E-state index contributed by atoms with van der Waals surface area (Å²) in [6, 6.07) is 20.5. The third kappa shape index (κ3) is 10.1. The molecule has 4 aliphatic carbocycles. The summed E-state index contributed by atoms with van der Waals surface area (Å²) in [5, 5.41) is 0. The Labute approximate surface area is 320 Å². The van der Waals surface area contributed by atoms with Crippen molar-refractivity contribution in [3.8, 4) is 0 Å². The number of hydrogen-bond acceptors (Lipinski definition) is 3. The fourth-order valence-electron chi connectivity index (χ4n) is 9.30. The summed E-state index contributed by atoms with van der Waals surface area (Å²) in [5.41, 5.74) is 10.3. The normalized spacial score (nSPS) is 20.1. The van der Waals surface area contributed by atoms with Crippen molar-refractivity contribution in [3.05, 3.63) is 88.2 Å². The van der Waals surface area contributed by atoms with Crippen molar-refractivity contribution in [2.75, 3.05) is 0 Å². The smallest absolute Gasteiger partial charge is 1.00 e. The molecule has 0 amide bonds. The van der Waals surface area contributed by atoms with Crippen LogP contribution in [0.25, 0.3) is 0 Å². The molecule has 4 aliphatic rings. The predicted octanol–water partition coefficient (Wildman–Crippen LogP) is 6.78. The van der Waals surface area contributed by atoms with Gasteiger partial charge in [-0.3, -0.25) is 9.98 Å². The molecule has 0 spiro atoms. The first-order valence-electron chi connectivity index (χ1n) is 19.1. The number of hydrogen-bond donors (Lipinski definition) is 0. The van der Waals surface area contributed by atoms with Crippen LogP contribution in [0.5, 0.6) is 0 Å². The van der Waals surface area contributed by atoms with Crippen molar-refractivity contribution in [1.29, 1.82) is 0 Å². The summed E-state index contributed by atoms with van der Waals surface area (Å²) < 4.78 is 0. The first-order valence-corrected chi connectivity index (χ1v) is 19.1. The van der Waals surface area contributed by atoms with Gasteiger partial charge in [-0.25, -0.2) is 4.98 Å². The number of nitrogens with zero attached hydrogens (tertiary/aromatic N) is 3. The van der Waals surface area contributed by atoms with Crippen LogP contribution in [0.3, 0.4) is 0 Å². The molecule has 6 heteroatoms. The fraction of sp³-hybridized carbons (Fsp3) is 0.558. The Bertz CT molecular complexity index is 1320. The number of halogens is 2. The van der Waals surface area contributed by atoms with Crippen molar-refractivity contribution >= 4 is 23.8 Å². The number of para-hydroxylation sites is 2. The molecular weight excluding hydrogens is 680 g/mol. The molecule has 4 saturated carbocycles. The average Bonchev–Trinajstić information content (AvgIpc) is 3.14. The molecule has 1 radical (unpaired) electrons. The number of benzene rings is 2. The minimum absolute atomic E-state index is 0. The zero-order valence-electron chi connectivity index (χ0n) is 29.3. The van der Waals surface area contributed by atoms with Crippen LogP contribution in [0.15, 0.2) is 64.6 Å². The van der Waals surface area contributed by atoms with E-state index in [2.05, 4.69) is 54.6 Å². The van der Waals surface area contributed by atoms with E-state index in [1.54, 1.807) is 0 Å². The average molecular weight is 736 g/mol. The molecule has 3 aromatic rings. The van der Waals surface area contributed by atoms with Crippen LogP contribution in [0, 0.1) is 0 Å². The van der Waals surface area contributed by atoms with Gasteiger partial charge in [-0.1, -0.05) is 120 Å². The Morgan fingerprint density at radius 2 is 0.673 bits per heavy atom. The van der Waals surface area contributed by atoms with E-state index in [1.807, 2.05) is 12.4 Å². The van der Waals surface area contributed by atoms with Gasteiger partial charge in [0.25, 0.3) is 0 Å². The third-order valence-electron chi connectivity index (χ3n) is 11.8. The van der Waals surface area contributed by atoms with E-state index in [9.17, 15) is 0 Å². The molecule has 1 aromatic heterocycles. The molecule has 0 bridgehead atoms. The minimum atomic E-state index is 0. The van der Waals surface area contributed by atoms with Crippen molar-refractivity contribution in [3.63, 3.8) is 0 Å². The standard InChI is InChI=1S/C43H55N3.2ClH.V/c1-5-16-32(17-6-1)38-26-14-27-39(33-18-7-2-8-19-33)42(38)44-30-36-24-13-25-37(46-36)31-45-43-40(34-20-9-3-10-21-34)28-15-29-41(43)35-22-11-4-12-23-35;;;/h13-15,24-35H,1-12,16-23H2;2*1H;/q;;;+2/p-2. The summed E-state index contributed by atoms with van der Waals surface area (Å²) in [6.45, 7) is 0. The van der Waals surface area contributed by atoms with Crippen LogP contribution in [0.2, 0.25) is 0 Å². The van der Waals surface area contributed by atoms with Gasteiger partial charge in [-0.2, -0.15) is 0 Å². The van der Waals surface area contributed by atoms with Gasteiger partial charge in [-0.05, 0) is 109 Å². The molecule has 2 aromatic carbocycles. The Morgan fingerprint density at radius 1 is 0.408 bits per heavy atom. The van der Waals surface area contributed by atoms with Gasteiger partial charge >= 0.3 is 18.6 Å². The van der Waals surface area contributed by atoms with Crippen LogP contribution in [-0.4, -0.2) is 17.4 Å². The number of rotatable bonds is 8. The molecule has 0 atom stereocenters. The van der Waals surface area contributed by atoms with Crippen molar-refractivity contribution in [2.45, 2.75) is 152 Å². The van der Waals surface area contributed by atoms with Crippen LogP contribution in [-0.2, 0) is 18.6 Å². The van der Waals surface area contributed by atoms with Gasteiger partial charge in [0.1, 0.15) is 0 Å². The summed E-state index contributed by atoms with van der Waals surface area (Å²) >= 11 is 0. The molecule has 4 fully saturated rings. The van der Waals surface area contributed by atoms with Gasteiger partial charge in [0.2, 0.25) is 0 Å². The van der Waals surface area contributed by atoms with Gasteiger partial charge in [0.15, 0.2) is 0 Å². The molecule has 1 heterocycles. The molecule has 0 aliphatic heterocycles. The Hall–Kier alpha value is -1.91. The summed E-state index contributed by atoms with van der Waals surface area (Å²) in [4.78, 5) is 15.7. The van der Waals surface area contributed by atoms with E-state index >= 15 is 0 Å². The van der Waals surface area contributed by atoms with E-state index in [4.69, 9.17) is 15.0 Å². The van der Waals surface area contributed by atoms with Crippen LogP contribution in [0.4, 0.5) is 11.4 Å². The van der Waals surface area contributed by atoms with Gasteiger partial charge in [0.05, 0.1) is 35.2 Å². The molecule has 0 N–H and O–H groups in total. The number of pyridine rings is 1.